The Morgan fingerprint density at radius 2 is 2.09 bits per heavy atom. The van der Waals surface area contributed by atoms with Gasteiger partial charge in [0.05, 0.1) is 7.11 Å². The maximum Gasteiger partial charge on any atom is 0.246 e. The first-order chi connectivity index (χ1) is 11.1. The highest BCUT2D eigenvalue weighted by molar-refractivity contribution is 9.10. The fourth-order valence-electron chi connectivity index (χ4n) is 3.16. The van der Waals surface area contributed by atoms with Crippen molar-refractivity contribution in [1.82, 2.24) is 4.90 Å². The Labute approximate surface area is 144 Å². The zero-order valence-electron chi connectivity index (χ0n) is 13.0. The van der Waals surface area contributed by atoms with Gasteiger partial charge in [-0.25, -0.2) is 0 Å². The number of halogens is 1. The smallest absolute Gasteiger partial charge is 0.246 e. The third-order valence-corrected chi connectivity index (χ3v) is 4.74. The molecule has 3 nitrogen and oxygen atoms in total. The summed E-state index contributed by atoms with van der Waals surface area (Å²) in [5.41, 5.74) is 3.49. The third-order valence-electron chi connectivity index (χ3n) is 4.25. The number of carbonyl (C=O) groups is 1. The van der Waals surface area contributed by atoms with Crippen LogP contribution in [-0.2, 0) is 11.3 Å². The van der Waals surface area contributed by atoms with Gasteiger partial charge in [-0.1, -0.05) is 46.8 Å². The van der Waals surface area contributed by atoms with E-state index in [2.05, 4.69) is 40.7 Å². The van der Waals surface area contributed by atoms with Crippen molar-refractivity contribution in [2.45, 2.75) is 12.5 Å². The standard InChI is InChI=1S/C19H18BrNO2/c1-3-19(22)21-11-13-10-14(20)8-9-15(13)17(12-21)16-6-4-5-7-18(16)23-2/h3-10,17H,1,11-12H2,2H3/t17-/m0/s1. The van der Waals surface area contributed by atoms with Crippen LogP contribution in [0.5, 0.6) is 5.75 Å². The van der Waals surface area contributed by atoms with Crippen molar-refractivity contribution in [3.05, 3.63) is 76.3 Å². The average Bonchev–Trinajstić information content (AvgIpc) is 2.59. The van der Waals surface area contributed by atoms with Crippen LogP contribution in [-0.4, -0.2) is 24.5 Å². The van der Waals surface area contributed by atoms with Crippen LogP contribution in [0.4, 0.5) is 0 Å². The van der Waals surface area contributed by atoms with Gasteiger partial charge in [0.25, 0.3) is 0 Å². The first kappa shape index (κ1) is 15.8. The molecule has 2 aromatic rings. The van der Waals surface area contributed by atoms with Crippen molar-refractivity contribution in [2.75, 3.05) is 13.7 Å². The fourth-order valence-corrected chi connectivity index (χ4v) is 3.57. The third kappa shape index (κ3) is 3.04. The lowest BCUT2D eigenvalue weighted by Gasteiger charge is -2.35. The molecule has 1 aliphatic heterocycles. The van der Waals surface area contributed by atoms with Gasteiger partial charge in [0.1, 0.15) is 5.75 Å². The molecule has 0 bridgehead atoms. The van der Waals surface area contributed by atoms with Gasteiger partial charge < -0.3 is 9.64 Å². The molecular weight excluding hydrogens is 354 g/mol. The highest BCUT2D eigenvalue weighted by Crippen LogP contribution is 2.38. The molecule has 4 heteroatoms. The number of fused-ring (bicyclic) bond motifs is 1. The van der Waals surface area contributed by atoms with Crippen LogP contribution in [0.1, 0.15) is 22.6 Å². The summed E-state index contributed by atoms with van der Waals surface area (Å²) in [7, 11) is 1.68. The second-order valence-corrected chi connectivity index (χ2v) is 6.48. The van der Waals surface area contributed by atoms with Crippen LogP contribution < -0.4 is 4.74 Å². The summed E-state index contributed by atoms with van der Waals surface area (Å²) < 4.78 is 6.54. The number of amides is 1. The Kier molecular flexibility index (Phi) is 4.53. The van der Waals surface area contributed by atoms with Crippen LogP contribution in [0.3, 0.4) is 0 Å². The molecule has 0 aliphatic carbocycles. The zero-order valence-corrected chi connectivity index (χ0v) is 14.5. The lowest BCUT2D eigenvalue weighted by molar-refractivity contribution is -0.127. The van der Waals surface area contributed by atoms with E-state index in [1.807, 2.05) is 29.2 Å². The minimum atomic E-state index is -0.0458. The Morgan fingerprint density at radius 1 is 1.30 bits per heavy atom. The lowest BCUT2D eigenvalue weighted by Crippen LogP contribution is -2.37. The van der Waals surface area contributed by atoms with Crippen LogP contribution >= 0.6 is 15.9 Å². The number of nitrogens with zero attached hydrogens (tertiary/aromatic N) is 1. The number of para-hydroxylation sites is 1. The van der Waals surface area contributed by atoms with Crippen LogP contribution in [0.15, 0.2) is 59.6 Å². The van der Waals surface area contributed by atoms with Crippen molar-refractivity contribution in [3.63, 3.8) is 0 Å². The summed E-state index contributed by atoms with van der Waals surface area (Å²) in [6.07, 6.45) is 1.38. The first-order valence-electron chi connectivity index (χ1n) is 7.46. The maximum atomic E-state index is 12.2. The van der Waals surface area contributed by atoms with E-state index < -0.39 is 0 Å². The normalized spacial score (nSPS) is 16.6. The second-order valence-electron chi connectivity index (χ2n) is 5.56. The quantitative estimate of drug-likeness (QED) is 0.759. The number of benzene rings is 2. The maximum absolute atomic E-state index is 12.2. The summed E-state index contributed by atoms with van der Waals surface area (Å²) in [5.74, 6) is 0.890. The number of hydrogen-bond donors (Lipinski definition) is 0. The van der Waals surface area contributed by atoms with Gasteiger partial charge in [0.15, 0.2) is 0 Å². The summed E-state index contributed by atoms with van der Waals surface area (Å²) in [5, 5.41) is 0. The van der Waals surface area contributed by atoms with Gasteiger partial charge in [-0.3, -0.25) is 4.79 Å². The first-order valence-corrected chi connectivity index (χ1v) is 8.26. The molecule has 0 saturated heterocycles. The van der Waals surface area contributed by atoms with Gasteiger partial charge in [-0.15, -0.1) is 0 Å². The molecule has 1 heterocycles. The van der Waals surface area contributed by atoms with Crippen molar-refractivity contribution < 1.29 is 9.53 Å². The molecule has 23 heavy (non-hydrogen) atoms. The van der Waals surface area contributed by atoms with E-state index in [1.54, 1.807) is 7.11 Å². The molecule has 1 atom stereocenters. The molecule has 0 aromatic heterocycles. The van der Waals surface area contributed by atoms with Crippen LogP contribution in [0.25, 0.3) is 0 Å². The molecule has 118 valence electrons. The minimum absolute atomic E-state index is 0.0458. The highest BCUT2D eigenvalue weighted by Gasteiger charge is 2.30. The van der Waals surface area contributed by atoms with Crippen molar-refractivity contribution in [2.24, 2.45) is 0 Å². The van der Waals surface area contributed by atoms with Crippen molar-refractivity contribution in [1.29, 1.82) is 0 Å². The predicted octanol–water partition coefficient (Wildman–Crippen LogP) is 4.12. The topological polar surface area (TPSA) is 29.5 Å². The number of rotatable bonds is 3. The molecule has 3 rings (SSSR count). The predicted molar refractivity (Wildman–Crippen MR) is 94.6 cm³/mol. The van der Waals surface area contributed by atoms with E-state index >= 15 is 0 Å². The van der Waals surface area contributed by atoms with E-state index in [9.17, 15) is 4.79 Å². The number of hydrogen-bond acceptors (Lipinski definition) is 2. The Balaban J connectivity index is 2.11. The molecular formula is C19H18BrNO2. The highest BCUT2D eigenvalue weighted by atomic mass is 79.9. The van der Waals surface area contributed by atoms with Gasteiger partial charge in [0.2, 0.25) is 5.91 Å². The summed E-state index contributed by atoms with van der Waals surface area (Å²) in [4.78, 5) is 14.0. The van der Waals surface area contributed by atoms with Crippen LogP contribution in [0.2, 0.25) is 0 Å². The fraction of sp³-hybridized carbons (Fsp3) is 0.211. The second kappa shape index (κ2) is 6.59. The Hall–Kier alpha value is -2.07. The van der Waals surface area contributed by atoms with Gasteiger partial charge >= 0.3 is 0 Å². The largest absolute Gasteiger partial charge is 0.496 e. The number of ether oxygens (including phenoxy) is 1. The van der Waals surface area contributed by atoms with Crippen molar-refractivity contribution in [3.8, 4) is 5.75 Å². The SMILES string of the molecule is C=CC(=O)N1Cc2cc(Br)ccc2[C@@H](c2ccccc2OC)C1. The molecule has 0 fully saturated rings. The van der Waals surface area contributed by atoms with E-state index in [4.69, 9.17) is 4.74 Å². The monoisotopic (exact) mass is 371 g/mol. The van der Waals surface area contributed by atoms with E-state index in [0.717, 1.165) is 21.3 Å². The van der Waals surface area contributed by atoms with E-state index in [0.29, 0.717) is 13.1 Å². The van der Waals surface area contributed by atoms with Crippen LogP contribution in [0, 0.1) is 0 Å². The number of methoxy groups -OCH3 is 1. The molecule has 2 aromatic carbocycles. The molecule has 0 saturated carbocycles. The molecule has 1 aliphatic rings. The summed E-state index contributed by atoms with van der Waals surface area (Å²) in [6.45, 7) is 4.84. The Morgan fingerprint density at radius 3 is 2.83 bits per heavy atom. The van der Waals surface area contributed by atoms with Gasteiger partial charge in [0, 0.05) is 29.0 Å². The molecule has 0 radical (unpaired) electrons. The van der Waals surface area contributed by atoms with Gasteiger partial charge in [-0.05, 0) is 35.4 Å². The summed E-state index contributed by atoms with van der Waals surface area (Å²) >= 11 is 3.52. The number of carbonyl (C=O) groups excluding carboxylic acids is 1. The molecule has 1 amide bonds. The van der Waals surface area contributed by atoms with Crippen molar-refractivity contribution >= 4 is 21.8 Å². The average molecular weight is 372 g/mol. The van der Waals surface area contributed by atoms with E-state index in [-0.39, 0.29) is 11.8 Å². The van der Waals surface area contributed by atoms with E-state index in [1.165, 1.54) is 11.6 Å². The zero-order chi connectivity index (χ0) is 16.4. The summed E-state index contributed by atoms with van der Waals surface area (Å²) in [6, 6.07) is 14.3. The van der Waals surface area contributed by atoms with Gasteiger partial charge in [-0.2, -0.15) is 0 Å². The molecule has 0 N–H and O–H groups in total. The minimum Gasteiger partial charge on any atom is -0.496 e. The molecule has 0 unspecified atom stereocenters. The lowest BCUT2D eigenvalue weighted by atomic mass is 9.84. The Bertz CT molecular complexity index is 757. The molecule has 0 spiro atoms.